The van der Waals surface area contributed by atoms with Gasteiger partial charge in [0.15, 0.2) is 6.10 Å². The second-order valence-electron chi connectivity index (χ2n) is 5.48. The van der Waals surface area contributed by atoms with Gasteiger partial charge in [0.25, 0.3) is 5.91 Å². The Kier molecular flexibility index (Phi) is 4.60. The molecule has 0 bridgehead atoms. The number of hydrogen-bond donors (Lipinski definition) is 2. The number of amides is 1. The lowest BCUT2D eigenvalue weighted by Gasteiger charge is -2.18. The van der Waals surface area contributed by atoms with E-state index < -0.39 is 6.10 Å². The standard InChI is InChI=1S/C15H21FN2O2/c1-9(17)7-11-8-12(16)3-6-14(11)20-10(2)15(19)18-13-4-5-13/h3,6,8-10,13H,4-5,7,17H2,1-2H3,(H,18,19). The van der Waals surface area contributed by atoms with Crippen molar-refractivity contribution in [3.05, 3.63) is 29.6 Å². The minimum absolute atomic E-state index is 0.102. The molecule has 1 aromatic carbocycles. The predicted molar refractivity (Wildman–Crippen MR) is 75.0 cm³/mol. The fraction of sp³-hybridized carbons (Fsp3) is 0.533. The molecular formula is C15H21FN2O2. The number of carbonyl (C=O) groups is 1. The van der Waals surface area contributed by atoms with Crippen LogP contribution >= 0.6 is 0 Å². The molecule has 1 fully saturated rings. The largest absolute Gasteiger partial charge is 0.481 e. The van der Waals surface area contributed by atoms with Crippen LogP contribution in [0.25, 0.3) is 0 Å². The number of rotatable bonds is 6. The maximum Gasteiger partial charge on any atom is 0.260 e. The van der Waals surface area contributed by atoms with Crippen LogP contribution in [-0.2, 0) is 11.2 Å². The van der Waals surface area contributed by atoms with Gasteiger partial charge in [-0.2, -0.15) is 0 Å². The molecule has 5 heteroatoms. The van der Waals surface area contributed by atoms with Crippen LogP contribution in [0.3, 0.4) is 0 Å². The maximum absolute atomic E-state index is 13.3. The molecule has 1 saturated carbocycles. The predicted octanol–water partition coefficient (Wildman–Crippen LogP) is 1.76. The first-order chi connectivity index (χ1) is 9.45. The Morgan fingerprint density at radius 2 is 2.20 bits per heavy atom. The topological polar surface area (TPSA) is 64.3 Å². The summed E-state index contributed by atoms with van der Waals surface area (Å²) in [4.78, 5) is 11.9. The highest BCUT2D eigenvalue weighted by Crippen LogP contribution is 2.23. The molecule has 0 saturated heterocycles. The Labute approximate surface area is 118 Å². The second-order valence-corrected chi connectivity index (χ2v) is 5.48. The molecule has 1 aliphatic carbocycles. The van der Waals surface area contributed by atoms with Crippen molar-refractivity contribution in [1.29, 1.82) is 0 Å². The Balaban J connectivity index is 2.04. The molecule has 3 N–H and O–H groups in total. The van der Waals surface area contributed by atoms with Gasteiger partial charge in [0.05, 0.1) is 0 Å². The van der Waals surface area contributed by atoms with Crippen LogP contribution in [0.2, 0.25) is 0 Å². The summed E-state index contributed by atoms with van der Waals surface area (Å²) in [5.41, 5.74) is 6.44. The van der Waals surface area contributed by atoms with Crippen LogP contribution in [0.4, 0.5) is 4.39 Å². The molecule has 2 unspecified atom stereocenters. The number of benzene rings is 1. The molecule has 0 heterocycles. The van der Waals surface area contributed by atoms with E-state index in [4.69, 9.17) is 10.5 Å². The van der Waals surface area contributed by atoms with Crippen molar-refractivity contribution in [2.45, 2.75) is 51.3 Å². The van der Waals surface area contributed by atoms with E-state index in [1.165, 1.54) is 12.1 Å². The van der Waals surface area contributed by atoms with Crippen LogP contribution in [0.15, 0.2) is 18.2 Å². The van der Waals surface area contributed by atoms with Crippen LogP contribution in [-0.4, -0.2) is 24.1 Å². The molecule has 1 amide bonds. The molecule has 0 aromatic heterocycles. The summed E-state index contributed by atoms with van der Waals surface area (Å²) in [6, 6.07) is 4.48. The Hall–Kier alpha value is -1.62. The normalized spacial score (nSPS) is 17.4. The number of halogens is 1. The fourth-order valence-corrected chi connectivity index (χ4v) is 1.96. The van der Waals surface area contributed by atoms with Gasteiger partial charge in [-0.15, -0.1) is 0 Å². The number of hydrogen-bond acceptors (Lipinski definition) is 3. The number of ether oxygens (including phenoxy) is 1. The minimum Gasteiger partial charge on any atom is -0.481 e. The summed E-state index contributed by atoms with van der Waals surface area (Å²) in [5, 5.41) is 2.88. The molecule has 0 radical (unpaired) electrons. The summed E-state index contributed by atoms with van der Waals surface area (Å²) >= 11 is 0. The summed E-state index contributed by atoms with van der Waals surface area (Å²) in [6.07, 6.45) is 1.97. The maximum atomic E-state index is 13.3. The Morgan fingerprint density at radius 1 is 1.50 bits per heavy atom. The molecule has 1 aliphatic rings. The van der Waals surface area contributed by atoms with E-state index in [-0.39, 0.29) is 17.8 Å². The zero-order valence-corrected chi connectivity index (χ0v) is 11.9. The zero-order chi connectivity index (χ0) is 14.7. The van der Waals surface area contributed by atoms with Crippen LogP contribution in [0, 0.1) is 5.82 Å². The van der Waals surface area contributed by atoms with Crippen molar-refractivity contribution in [3.63, 3.8) is 0 Å². The quantitative estimate of drug-likeness (QED) is 0.834. The summed E-state index contributed by atoms with van der Waals surface area (Å²) in [7, 11) is 0. The van der Waals surface area contributed by atoms with Gasteiger partial charge >= 0.3 is 0 Å². The van der Waals surface area contributed by atoms with Gasteiger partial charge in [-0.3, -0.25) is 4.79 Å². The van der Waals surface area contributed by atoms with Crippen molar-refractivity contribution in [2.75, 3.05) is 0 Å². The smallest absolute Gasteiger partial charge is 0.260 e. The molecule has 1 aromatic rings. The SMILES string of the molecule is CC(N)Cc1cc(F)ccc1OC(C)C(=O)NC1CC1. The fourth-order valence-electron chi connectivity index (χ4n) is 1.96. The first-order valence-corrected chi connectivity index (χ1v) is 6.96. The Bertz CT molecular complexity index is 487. The first kappa shape index (κ1) is 14.8. The third-order valence-corrected chi connectivity index (χ3v) is 3.16. The minimum atomic E-state index is -0.604. The van der Waals surface area contributed by atoms with E-state index in [0.717, 1.165) is 12.8 Å². The average molecular weight is 280 g/mol. The van der Waals surface area contributed by atoms with Crippen molar-refractivity contribution >= 4 is 5.91 Å². The molecule has 0 aliphatic heterocycles. The Morgan fingerprint density at radius 3 is 2.80 bits per heavy atom. The monoisotopic (exact) mass is 280 g/mol. The number of carbonyl (C=O) groups excluding carboxylic acids is 1. The third-order valence-electron chi connectivity index (χ3n) is 3.16. The summed E-state index contributed by atoms with van der Waals surface area (Å²) in [6.45, 7) is 3.54. The van der Waals surface area contributed by atoms with E-state index in [9.17, 15) is 9.18 Å². The van der Waals surface area contributed by atoms with E-state index in [1.807, 2.05) is 6.92 Å². The van der Waals surface area contributed by atoms with Crippen molar-refractivity contribution in [2.24, 2.45) is 5.73 Å². The average Bonchev–Trinajstić information content (AvgIpc) is 3.15. The van der Waals surface area contributed by atoms with Crippen molar-refractivity contribution < 1.29 is 13.9 Å². The van der Waals surface area contributed by atoms with Gasteiger partial charge in [-0.25, -0.2) is 4.39 Å². The molecule has 0 spiro atoms. The highest BCUT2D eigenvalue weighted by Gasteiger charge is 2.26. The number of nitrogens with two attached hydrogens (primary N) is 1. The lowest BCUT2D eigenvalue weighted by molar-refractivity contribution is -0.127. The van der Waals surface area contributed by atoms with Crippen molar-refractivity contribution in [1.82, 2.24) is 5.32 Å². The summed E-state index contributed by atoms with van der Waals surface area (Å²) in [5.74, 6) is 0.0498. The molecule has 4 nitrogen and oxygen atoms in total. The van der Waals surface area contributed by atoms with Crippen LogP contribution in [0.5, 0.6) is 5.75 Å². The third kappa shape index (κ3) is 4.20. The van der Waals surface area contributed by atoms with E-state index in [1.54, 1.807) is 13.0 Å². The molecule has 110 valence electrons. The number of nitrogens with one attached hydrogen (secondary N) is 1. The molecule has 2 rings (SSSR count). The van der Waals surface area contributed by atoms with Gasteiger partial charge in [0.2, 0.25) is 0 Å². The lowest BCUT2D eigenvalue weighted by Crippen LogP contribution is -2.37. The van der Waals surface area contributed by atoms with Crippen LogP contribution in [0.1, 0.15) is 32.3 Å². The molecule has 2 atom stereocenters. The lowest BCUT2D eigenvalue weighted by atomic mass is 10.1. The van der Waals surface area contributed by atoms with Gasteiger partial charge in [-0.1, -0.05) is 0 Å². The molecular weight excluding hydrogens is 259 g/mol. The van der Waals surface area contributed by atoms with E-state index in [0.29, 0.717) is 23.8 Å². The van der Waals surface area contributed by atoms with Gasteiger partial charge < -0.3 is 15.8 Å². The van der Waals surface area contributed by atoms with E-state index in [2.05, 4.69) is 5.32 Å². The van der Waals surface area contributed by atoms with Gasteiger partial charge in [0.1, 0.15) is 11.6 Å². The first-order valence-electron chi connectivity index (χ1n) is 6.96. The second kappa shape index (κ2) is 6.22. The van der Waals surface area contributed by atoms with Gasteiger partial charge in [0, 0.05) is 12.1 Å². The highest BCUT2D eigenvalue weighted by molar-refractivity contribution is 5.81. The van der Waals surface area contributed by atoms with Gasteiger partial charge in [-0.05, 0) is 56.9 Å². The highest BCUT2D eigenvalue weighted by atomic mass is 19.1. The zero-order valence-electron chi connectivity index (χ0n) is 11.9. The summed E-state index contributed by atoms with van der Waals surface area (Å²) < 4.78 is 19.0. The molecule has 20 heavy (non-hydrogen) atoms. The van der Waals surface area contributed by atoms with E-state index >= 15 is 0 Å². The van der Waals surface area contributed by atoms with Crippen molar-refractivity contribution in [3.8, 4) is 5.75 Å². The van der Waals surface area contributed by atoms with Crippen LogP contribution < -0.4 is 15.8 Å².